The van der Waals surface area contributed by atoms with Gasteiger partial charge in [-0.1, -0.05) is 70.0 Å². The fourth-order valence-electron chi connectivity index (χ4n) is 5.10. The van der Waals surface area contributed by atoms with Crippen LogP contribution in [0.2, 0.25) is 15.1 Å². The summed E-state index contributed by atoms with van der Waals surface area (Å²) in [6.07, 6.45) is 2.93. The summed E-state index contributed by atoms with van der Waals surface area (Å²) >= 11 is 19.5. The van der Waals surface area contributed by atoms with E-state index in [2.05, 4.69) is 21.9 Å². The van der Waals surface area contributed by atoms with Crippen LogP contribution in [0.4, 0.5) is 5.69 Å². The van der Waals surface area contributed by atoms with Gasteiger partial charge < -0.3 is 19.3 Å². The number of benzene rings is 3. The number of rotatable bonds is 7. The molecule has 4 aromatic rings. The van der Waals surface area contributed by atoms with Gasteiger partial charge >= 0.3 is 5.97 Å². The van der Waals surface area contributed by atoms with Crippen molar-refractivity contribution in [2.75, 3.05) is 18.0 Å². The van der Waals surface area contributed by atoms with Crippen molar-refractivity contribution in [3.63, 3.8) is 0 Å². The first-order valence-corrected chi connectivity index (χ1v) is 14.5. The number of nitrogens with zero attached hydrogens (tertiary/aromatic N) is 2. The molecule has 1 aliphatic heterocycles. The van der Waals surface area contributed by atoms with Crippen molar-refractivity contribution in [2.24, 2.45) is 5.92 Å². The highest BCUT2D eigenvalue weighted by molar-refractivity contribution is 6.39. The highest BCUT2D eigenvalue weighted by Crippen LogP contribution is 2.46. The van der Waals surface area contributed by atoms with Gasteiger partial charge in [-0.3, -0.25) is 0 Å². The van der Waals surface area contributed by atoms with E-state index in [1.165, 1.54) is 0 Å². The Hall–Kier alpha value is -3.63. The molecule has 6 nitrogen and oxygen atoms in total. The van der Waals surface area contributed by atoms with Crippen molar-refractivity contribution >= 4 is 46.5 Å². The van der Waals surface area contributed by atoms with Crippen LogP contribution < -0.4 is 9.64 Å². The third kappa shape index (κ3) is 5.90. The number of hydrogen-bond acceptors (Lipinski definition) is 5. The van der Waals surface area contributed by atoms with E-state index in [4.69, 9.17) is 44.1 Å². The maximum absolute atomic E-state index is 11.6. The molecule has 41 heavy (non-hydrogen) atoms. The predicted octanol–water partition coefficient (Wildman–Crippen LogP) is 8.33. The average molecular weight is 608 g/mol. The number of halogens is 3. The van der Waals surface area contributed by atoms with Crippen molar-refractivity contribution in [3.8, 4) is 28.8 Å². The van der Waals surface area contributed by atoms with E-state index in [-0.39, 0.29) is 12.5 Å². The second-order valence-electron chi connectivity index (χ2n) is 10.2. The molecule has 3 aromatic carbocycles. The third-order valence-corrected chi connectivity index (χ3v) is 8.31. The van der Waals surface area contributed by atoms with Crippen molar-refractivity contribution in [1.29, 1.82) is 0 Å². The number of aromatic nitrogens is 1. The summed E-state index contributed by atoms with van der Waals surface area (Å²) in [5.74, 6) is 7.41. The molecule has 208 valence electrons. The normalized spacial score (nSPS) is 16.4. The molecular formula is C32H25Cl3N2O4. The lowest BCUT2D eigenvalue weighted by atomic mass is 10.0. The molecule has 1 aliphatic carbocycles. The van der Waals surface area contributed by atoms with Gasteiger partial charge in [0, 0.05) is 42.1 Å². The lowest BCUT2D eigenvalue weighted by Gasteiger charge is -2.19. The lowest BCUT2D eigenvalue weighted by Crippen LogP contribution is -2.21. The van der Waals surface area contributed by atoms with E-state index in [1.54, 1.807) is 36.4 Å². The predicted molar refractivity (Wildman–Crippen MR) is 160 cm³/mol. The number of carboxylic acid groups (broad SMARTS) is 1. The summed E-state index contributed by atoms with van der Waals surface area (Å²) in [4.78, 5) is 13.7. The third-order valence-electron chi connectivity index (χ3n) is 7.36. The number of carboxylic acids is 1. The molecule has 2 heterocycles. The molecule has 0 spiro atoms. The van der Waals surface area contributed by atoms with E-state index in [9.17, 15) is 9.90 Å². The van der Waals surface area contributed by atoms with Gasteiger partial charge in [-0.15, -0.1) is 0 Å². The number of carbonyl (C=O) groups is 1. The summed E-state index contributed by atoms with van der Waals surface area (Å²) in [5, 5.41) is 15.3. The van der Waals surface area contributed by atoms with Crippen LogP contribution in [0.3, 0.4) is 0 Å². The molecule has 2 aliphatic rings. The van der Waals surface area contributed by atoms with Gasteiger partial charge in [-0.25, -0.2) is 4.79 Å². The van der Waals surface area contributed by atoms with E-state index < -0.39 is 5.97 Å². The number of aromatic carboxylic acids is 1. The Morgan fingerprint density at radius 1 is 1.02 bits per heavy atom. The minimum Gasteiger partial charge on any atom is -0.489 e. The standard InChI is InChI=1S/C32H25Cl3N2O4/c33-25-5-3-6-26(34)29(25)30-24(31(41-36-30)21-10-11-21)18-40-22-13-12-20(27(35)16-22)9-8-19-14-15-37(17-19)28-7-2-1-4-23(28)32(38)39/h1-7,12-13,16,19,21H,10-11,14-15,17-18H2,(H,38,39). The Morgan fingerprint density at radius 2 is 1.80 bits per heavy atom. The second kappa shape index (κ2) is 11.7. The number of hydrogen-bond donors (Lipinski definition) is 1. The Kier molecular flexibility index (Phi) is 7.86. The van der Waals surface area contributed by atoms with Gasteiger partial charge in [-0.05, 0) is 55.7 Å². The summed E-state index contributed by atoms with van der Waals surface area (Å²) in [6, 6.07) is 17.8. The molecule has 1 saturated carbocycles. The first-order valence-electron chi connectivity index (χ1n) is 13.3. The quantitative estimate of drug-likeness (QED) is 0.213. The van der Waals surface area contributed by atoms with Crippen LogP contribution in [0, 0.1) is 17.8 Å². The first kappa shape index (κ1) is 27.5. The SMILES string of the molecule is O=C(O)c1ccccc1N1CCC(C#Cc2ccc(OCc3c(-c4c(Cl)cccc4Cl)noc3C3CC3)cc2Cl)C1. The van der Waals surface area contributed by atoms with Crippen molar-refractivity contribution < 1.29 is 19.2 Å². The summed E-state index contributed by atoms with van der Waals surface area (Å²) in [5.41, 5.74) is 3.78. The first-order chi connectivity index (χ1) is 19.9. The molecule has 0 radical (unpaired) electrons. The number of ether oxygens (including phenoxy) is 1. The van der Waals surface area contributed by atoms with E-state index >= 15 is 0 Å². The highest BCUT2D eigenvalue weighted by atomic mass is 35.5. The molecule has 1 unspecified atom stereocenters. The fraction of sp³-hybridized carbons (Fsp3) is 0.250. The van der Waals surface area contributed by atoms with Crippen LogP contribution in [0.25, 0.3) is 11.3 Å². The minimum atomic E-state index is -0.930. The summed E-state index contributed by atoms with van der Waals surface area (Å²) in [6.45, 7) is 1.64. The fourth-order valence-corrected chi connectivity index (χ4v) is 5.89. The van der Waals surface area contributed by atoms with Crippen molar-refractivity contribution in [1.82, 2.24) is 5.16 Å². The topological polar surface area (TPSA) is 75.8 Å². The maximum atomic E-state index is 11.6. The largest absolute Gasteiger partial charge is 0.489 e. The number of para-hydroxylation sites is 1. The summed E-state index contributed by atoms with van der Waals surface area (Å²) < 4.78 is 11.9. The van der Waals surface area contributed by atoms with E-state index in [0.717, 1.165) is 42.8 Å². The molecule has 9 heteroatoms. The Balaban J connectivity index is 1.15. The van der Waals surface area contributed by atoms with Gasteiger partial charge in [0.2, 0.25) is 0 Å². The molecule has 1 saturated heterocycles. The Labute approximate surface area is 252 Å². The smallest absolute Gasteiger partial charge is 0.337 e. The van der Waals surface area contributed by atoms with Gasteiger partial charge in [0.15, 0.2) is 0 Å². The zero-order valence-corrected chi connectivity index (χ0v) is 24.1. The van der Waals surface area contributed by atoms with Gasteiger partial charge in [0.25, 0.3) is 0 Å². The van der Waals surface area contributed by atoms with Crippen LogP contribution in [0.15, 0.2) is 65.2 Å². The van der Waals surface area contributed by atoms with Crippen LogP contribution in [-0.2, 0) is 6.61 Å². The second-order valence-corrected chi connectivity index (χ2v) is 11.4. The zero-order valence-electron chi connectivity index (χ0n) is 21.9. The van der Waals surface area contributed by atoms with Crippen LogP contribution in [-0.4, -0.2) is 29.3 Å². The molecule has 0 amide bonds. The zero-order chi connectivity index (χ0) is 28.5. The van der Waals surface area contributed by atoms with Crippen molar-refractivity contribution in [2.45, 2.75) is 31.8 Å². The average Bonchev–Trinajstić information content (AvgIpc) is 3.55. The van der Waals surface area contributed by atoms with Crippen LogP contribution in [0.1, 0.15) is 52.4 Å². The van der Waals surface area contributed by atoms with Crippen LogP contribution >= 0.6 is 34.8 Å². The minimum absolute atomic E-state index is 0.105. The molecule has 2 fully saturated rings. The molecular weight excluding hydrogens is 583 g/mol. The molecule has 1 N–H and O–H groups in total. The maximum Gasteiger partial charge on any atom is 0.337 e. The molecule has 0 bridgehead atoms. The highest BCUT2D eigenvalue weighted by Gasteiger charge is 2.33. The lowest BCUT2D eigenvalue weighted by molar-refractivity contribution is 0.0697. The van der Waals surface area contributed by atoms with Gasteiger partial charge in [0.05, 0.1) is 31.9 Å². The van der Waals surface area contributed by atoms with Crippen LogP contribution in [0.5, 0.6) is 5.75 Å². The van der Waals surface area contributed by atoms with E-state index in [1.807, 2.05) is 24.3 Å². The monoisotopic (exact) mass is 606 g/mol. The van der Waals surface area contributed by atoms with Gasteiger partial charge in [0.1, 0.15) is 23.8 Å². The van der Waals surface area contributed by atoms with Gasteiger partial charge in [-0.2, -0.15) is 0 Å². The molecule has 6 rings (SSSR count). The van der Waals surface area contributed by atoms with E-state index in [0.29, 0.717) is 55.7 Å². The number of anilines is 1. The Morgan fingerprint density at radius 3 is 2.54 bits per heavy atom. The summed E-state index contributed by atoms with van der Waals surface area (Å²) in [7, 11) is 0. The van der Waals surface area contributed by atoms with Crippen molar-refractivity contribution in [3.05, 3.63) is 98.2 Å². The Bertz CT molecular complexity index is 1670. The molecule has 1 atom stereocenters. The molecule has 1 aromatic heterocycles.